The lowest BCUT2D eigenvalue weighted by Crippen LogP contribution is -1.95. The number of imidazole rings is 1. The van der Waals surface area contributed by atoms with Gasteiger partial charge in [0.1, 0.15) is 0 Å². The molecule has 144 valence electrons. The Morgan fingerprint density at radius 2 is 1.68 bits per heavy atom. The van der Waals surface area contributed by atoms with Crippen molar-refractivity contribution in [3.05, 3.63) is 52.9 Å². The van der Waals surface area contributed by atoms with Crippen LogP contribution in [0.2, 0.25) is 10.0 Å². The summed E-state index contributed by atoms with van der Waals surface area (Å²) in [4.78, 5) is 4.61. The van der Waals surface area contributed by atoms with E-state index in [4.69, 9.17) is 32.7 Å². The van der Waals surface area contributed by atoms with Gasteiger partial charge in [-0.1, -0.05) is 29.3 Å². The second-order valence-electron chi connectivity index (χ2n) is 6.57. The van der Waals surface area contributed by atoms with Crippen molar-refractivity contribution in [3.8, 4) is 34.0 Å². The van der Waals surface area contributed by atoms with E-state index in [-0.39, 0.29) is 0 Å². The van der Waals surface area contributed by atoms with E-state index < -0.39 is 0 Å². The second kappa shape index (κ2) is 7.08. The number of aryl methyl sites for hydroxylation is 2. The van der Waals surface area contributed by atoms with E-state index in [1.54, 1.807) is 20.5 Å². The monoisotopic (exact) mass is 415 g/mol. The molecule has 0 unspecified atom stereocenters. The summed E-state index contributed by atoms with van der Waals surface area (Å²) in [5.41, 5.74) is 4.70. The molecule has 0 saturated heterocycles. The lowest BCUT2D eigenvalue weighted by Gasteiger charge is -2.12. The topological polar surface area (TPSA) is 41.2 Å². The highest BCUT2D eigenvalue weighted by molar-refractivity contribution is 6.35. The van der Waals surface area contributed by atoms with Crippen molar-refractivity contribution in [2.75, 3.05) is 14.2 Å². The van der Waals surface area contributed by atoms with E-state index in [0.29, 0.717) is 16.5 Å². The smallest absolute Gasteiger partial charge is 0.179 e. The molecule has 0 spiro atoms. The molecular formula is C21H19Cl2N3O2. The Kier molecular flexibility index (Phi) is 4.73. The Morgan fingerprint density at radius 3 is 2.39 bits per heavy atom. The molecule has 28 heavy (non-hydrogen) atoms. The molecule has 2 aromatic carbocycles. The van der Waals surface area contributed by atoms with Gasteiger partial charge in [-0.2, -0.15) is 0 Å². The van der Waals surface area contributed by atoms with E-state index in [1.807, 2.05) is 41.6 Å². The predicted octanol–water partition coefficient (Wildman–Crippen LogP) is 5.57. The summed E-state index contributed by atoms with van der Waals surface area (Å²) in [6.45, 7) is 0. The van der Waals surface area contributed by atoms with Crippen LogP contribution in [0.1, 0.15) is 0 Å². The number of methoxy groups -OCH3 is 2. The minimum absolute atomic E-state index is 0.468. The molecule has 2 heterocycles. The number of aromatic nitrogens is 3. The first-order valence-electron chi connectivity index (χ1n) is 8.62. The van der Waals surface area contributed by atoms with Crippen molar-refractivity contribution in [2.24, 2.45) is 14.1 Å². The molecule has 0 aliphatic heterocycles. The summed E-state index contributed by atoms with van der Waals surface area (Å²) in [5.74, 6) is 1.06. The average molecular weight is 416 g/mol. The number of hydrogen-bond acceptors (Lipinski definition) is 3. The van der Waals surface area contributed by atoms with Gasteiger partial charge in [0.05, 0.1) is 42.0 Å². The molecular weight excluding hydrogens is 397 g/mol. The Morgan fingerprint density at radius 1 is 0.893 bits per heavy atom. The van der Waals surface area contributed by atoms with E-state index in [9.17, 15) is 0 Å². The van der Waals surface area contributed by atoms with E-state index in [2.05, 4.69) is 23.2 Å². The molecule has 0 saturated carbocycles. The van der Waals surface area contributed by atoms with Crippen LogP contribution in [0.25, 0.3) is 33.4 Å². The fraction of sp³-hybridized carbons (Fsp3) is 0.190. The number of ether oxygens (including phenoxy) is 2. The van der Waals surface area contributed by atoms with Gasteiger partial charge in [0.25, 0.3) is 0 Å². The SMILES string of the molecule is COc1cc(-c2ncn(C)c2-c2ccc3c(c2)c(Cl)cn3C)cc(Cl)c1OC. The van der Waals surface area contributed by atoms with Crippen LogP contribution in [0.5, 0.6) is 11.5 Å². The van der Waals surface area contributed by atoms with Gasteiger partial charge in [-0.05, 0) is 24.3 Å². The van der Waals surface area contributed by atoms with E-state index in [0.717, 1.165) is 38.4 Å². The molecule has 2 aromatic heterocycles. The van der Waals surface area contributed by atoms with Crippen molar-refractivity contribution in [2.45, 2.75) is 0 Å². The van der Waals surface area contributed by atoms with Crippen LogP contribution in [-0.4, -0.2) is 28.3 Å². The number of rotatable bonds is 4. The number of halogens is 2. The maximum absolute atomic E-state index is 6.41. The Bertz CT molecular complexity index is 1190. The van der Waals surface area contributed by atoms with E-state index in [1.165, 1.54) is 0 Å². The largest absolute Gasteiger partial charge is 0.493 e. The van der Waals surface area contributed by atoms with Gasteiger partial charge in [-0.25, -0.2) is 4.98 Å². The second-order valence-corrected chi connectivity index (χ2v) is 7.38. The summed E-state index contributed by atoms with van der Waals surface area (Å²) in [6.07, 6.45) is 3.69. The third-order valence-corrected chi connectivity index (χ3v) is 5.44. The van der Waals surface area contributed by atoms with E-state index >= 15 is 0 Å². The van der Waals surface area contributed by atoms with Gasteiger partial charge in [0.2, 0.25) is 0 Å². The zero-order valence-corrected chi connectivity index (χ0v) is 17.5. The minimum Gasteiger partial charge on any atom is -0.493 e. The van der Waals surface area contributed by atoms with Gasteiger partial charge in [0.15, 0.2) is 11.5 Å². The van der Waals surface area contributed by atoms with Crippen molar-refractivity contribution in [3.63, 3.8) is 0 Å². The van der Waals surface area contributed by atoms with Gasteiger partial charge in [-0.3, -0.25) is 0 Å². The highest BCUT2D eigenvalue weighted by atomic mass is 35.5. The molecule has 0 aliphatic rings. The van der Waals surface area contributed by atoms with Crippen LogP contribution < -0.4 is 9.47 Å². The minimum atomic E-state index is 0.468. The van der Waals surface area contributed by atoms with Crippen LogP contribution in [0, 0.1) is 0 Å². The summed E-state index contributed by atoms with van der Waals surface area (Å²) >= 11 is 12.8. The zero-order chi connectivity index (χ0) is 20.0. The molecule has 0 aliphatic carbocycles. The molecule has 7 heteroatoms. The van der Waals surface area contributed by atoms with Crippen molar-refractivity contribution >= 4 is 34.1 Å². The first kappa shape index (κ1) is 18.7. The quantitative estimate of drug-likeness (QED) is 0.437. The molecule has 0 bridgehead atoms. The first-order chi connectivity index (χ1) is 13.4. The molecule has 0 N–H and O–H groups in total. The fourth-order valence-corrected chi connectivity index (χ4v) is 4.11. The molecule has 0 radical (unpaired) electrons. The maximum atomic E-state index is 6.41. The normalized spacial score (nSPS) is 11.2. The molecule has 4 rings (SSSR count). The summed E-state index contributed by atoms with van der Waals surface area (Å²) in [6, 6.07) is 9.93. The van der Waals surface area contributed by atoms with Gasteiger partial charge < -0.3 is 18.6 Å². The lowest BCUT2D eigenvalue weighted by atomic mass is 10.0. The maximum Gasteiger partial charge on any atom is 0.179 e. The first-order valence-corrected chi connectivity index (χ1v) is 9.38. The fourth-order valence-electron chi connectivity index (χ4n) is 3.53. The zero-order valence-electron chi connectivity index (χ0n) is 16.0. The molecule has 0 fully saturated rings. The number of fused-ring (bicyclic) bond motifs is 1. The summed E-state index contributed by atoms with van der Waals surface area (Å²) < 4.78 is 14.8. The third-order valence-electron chi connectivity index (χ3n) is 4.86. The highest BCUT2D eigenvalue weighted by Crippen LogP contribution is 2.41. The van der Waals surface area contributed by atoms with Gasteiger partial charge in [0, 0.05) is 42.3 Å². The van der Waals surface area contributed by atoms with Crippen LogP contribution in [0.15, 0.2) is 42.9 Å². The van der Waals surface area contributed by atoms with Crippen molar-refractivity contribution < 1.29 is 9.47 Å². The summed E-state index contributed by atoms with van der Waals surface area (Å²) in [5, 5.41) is 2.19. The lowest BCUT2D eigenvalue weighted by molar-refractivity contribution is 0.355. The average Bonchev–Trinajstić information content (AvgIpc) is 3.20. The number of benzene rings is 2. The number of hydrogen-bond donors (Lipinski definition) is 0. The van der Waals surface area contributed by atoms with Crippen LogP contribution in [0.3, 0.4) is 0 Å². The number of nitrogens with zero attached hydrogens (tertiary/aromatic N) is 3. The Balaban J connectivity index is 1.92. The van der Waals surface area contributed by atoms with Gasteiger partial charge >= 0.3 is 0 Å². The Hall–Kier alpha value is -2.63. The summed E-state index contributed by atoms with van der Waals surface area (Å²) in [7, 11) is 7.09. The standard InChI is InChI=1S/C21H19Cl2N3O2/c1-25-10-16(23)14-7-12(5-6-17(14)25)20-19(24-11-26(20)2)13-8-15(22)21(28-4)18(9-13)27-3/h5-11H,1-4H3. The molecule has 0 amide bonds. The Labute approximate surface area is 173 Å². The molecule has 5 nitrogen and oxygen atoms in total. The molecule has 4 aromatic rings. The van der Waals surface area contributed by atoms with Crippen LogP contribution in [-0.2, 0) is 14.1 Å². The van der Waals surface area contributed by atoms with Crippen molar-refractivity contribution in [1.29, 1.82) is 0 Å². The molecule has 0 atom stereocenters. The van der Waals surface area contributed by atoms with Gasteiger partial charge in [-0.15, -0.1) is 0 Å². The highest BCUT2D eigenvalue weighted by Gasteiger charge is 2.19. The van der Waals surface area contributed by atoms with Crippen LogP contribution in [0.4, 0.5) is 0 Å². The van der Waals surface area contributed by atoms with Crippen molar-refractivity contribution in [1.82, 2.24) is 14.1 Å². The van der Waals surface area contributed by atoms with Crippen LogP contribution >= 0.6 is 23.2 Å². The third kappa shape index (κ3) is 2.91. The predicted molar refractivity (Wildman–Crippen MR) is 114 cm³/mol.